The molecular weight excluding hydrogens is 380 g/mol. The highest BCUT2D eigenvalue weighted by Crippen LogP contribution is 2.30. The van der Waals surface area contributed by atoms with Gasteiger partial charge in [0.05, 0.1) is 37.3 Å². The maximum atomic E-state index is 13.5. The molecule has 3 heterocycles. The van der Waals surface area contributed by atoms with Gasteiger partial charge in [0, 0.05) is 12.1 Å². The van der Waals surface area contributed by atoms with Gasteiger partial charge in [-0.15, -0.1) is 0 Å². The van der Waals surface area contributed by atoms with Gasteiger partial charge in [0.25, 0.3) is 0 Å². The molecule has 3 saturated heterocycles. The molecule has 0 bridgehead atoms. The molecule has 7 nitrogen and oxygen atoms in total. The summed E-state index contributed by atoms with van der Waals surface area (Å²) in [5.74, 6) is 0.441. The summed E-state index contributed by atoms with van der Waals surface area (Å²) in [6, 6.07) is 0.172. The van der Waals surface area contributed by atoms with Crippen molar-refractivity contribution < 1.29 is 22.7 Å². The quantitative estimate of drug-likeness (QED) is 0.680. The fraction of sp³-hybridized carbons (Fsp3) is 0.950. The smallest absolute Gasteiger partial charge is 0.237 e. The van der Waals surface area contributed by atoms with Crippen LogP contribution in [0.4, 0.5) is 0 Å². The molecule has 0 radical (unpaired) electrons. The average molecular weight is 415 g/mol. The van der Waals surface area contributed by atoms with E-state index < -0.39 is 9.84 Å². The number of piperidine rings is 1. The number of hydrogen-bond acceptors (Lipinski definition) is 6. The number of amides is 1. The van der Waals surface area contributed by atoms with E-state index in [1.165, 1.54) is 6.42 Å². The van der Waals surface area contributed by atoms with Crippen molar-refractivity contribution >= 4 is 15.7 Å². The Labute approximate surface area is 168 Å². The van der Waals surface area contributed by atoms with Crippen molar-refractivity contribution in [2.75, 3.05) is 37.8 Å². The number of rotatable bonds is 5. The molecule has 160 valence electrons. The van der Waals surface area contributed by atoms with Crippen molar-refractivity contribution in [2.45, 2.75) is 82.2 Å². The maximum Gasteiger partial charge on any atom is 0.237 e. The molecule has 0 aromatic rings. The summed E-state index contributed by atoms with van der Waals surface area (Å²) in [5, 5.41) is 0. The SMILES string of the molecule is O=C(CN1CCCCC1C1OCCO1)N(C1CCCCC1)C1CCS(=O)(=O)C1. The van der Waals surface area contributed by atoms with Gasteiger partial charge in [-0.1, -0.05) is 25.7 Å². The molecule has 2 unspecified atom stereocenters. The number of ether oxygens (including phenoxy) is 2. The number of sulfone groups is 1. The van der Waals surface area contributed by atoms with E-state index in [0.29, 0.717) is 26.2 Å². The van der Waals surface area contributed by atoms with Crippen LogP contribution in [0.5, 0.6) is 0 Å². The summed E-state index contributed by atoms with van der Waals surface area (Å²) in [7, 11) is -3.02. The van der Waals surface area contributed by atoms with E-state index in [1.807, 2.05) is 4.90 Å². The van der Waals surface area contributed by atoms with Crippen molar-refractivity contribution in [2.24, 2.45) is 0 Å². The zero-order valence-electron chi connectivity index (χ0n) is 16.8. The molecule has 0 spiro atoms. The summed E-state index contributed by atoms with van der Waals surface area (Å²) in [5.41, 5.74) is 0. The minimum Gasteiger partial charge on any atom is -0.349 e. The third-order valence-corrected chi connectivity index (χ3v) is 8.57. The van der Waals surface area contributed by atoms with Gasteiger partial charge < -0.3 is 14.4 Å². The van der Waals surface area contributed by atoms with Crippen LogP contribution in [0.3, 0.4) is 0 Å². The number of carbonyl (C=O) groups is 1. The molecular formula is C20H34N2O5S. The van der Waals surface area contributed by atoms with Crippen molar-refractivity contribution in [3.05, 3.63) is 0 Å². The molecule has 4 fully saturated rings. The summed E-state index contributed by atoms with van der Waals surface area (Å²) >= 11 is 0. The van der Waals surface area contributed by atoms with Gasteiger partial charge in [-0.05, 0) is 38.6 Å². The number of carbonyl (C=O) groups excluding carboxylic acids is 1. The van der Waals surface area contributed by atoms with Gasteiger partial charge in [0.1, 0.15) is 0 Å². The number of nitrogens with zero attached hydrogens (tertiary/aromatic N) is 2. The molecule has 0 N–H and O–H groups in total. The lowest BCUT2D eigenvalue weighted by Gasteiger charge is -2.42. The summed E-state index contributed by atoms with van der Waals surface area (Å²) in [4.78, 5) is 17.7. The molecule has 4 aliphatic rings. The first-order chi connectivity index (χ1) is 13.5. The highest BCUT2D eigenvalue weighted by atomic mass is 32.2. The highest BCUT2D eigenvalue weighted by molar-refractivity contribution is 7.91. The predicted octanol–water partition coefficient (Wildman–Crippen LogP) is 1.56. The second-order valence-electron chi connectivity index (χ2n) is 8.79. The van der Waals surface area contributed by atoms with Crippen LogP contribution in [-0.4, -0.2) is 86.3 Å². The molecule has 1 saturated carbocycles. The topological polar surface area (TPSA) is 76.2 Å². The first kappa shape index (κ1) is 20.6. The predicted molar refractivity (Wildman–Crippen MR) is 106 cm³/mol. The van der Waals surface area contributed by atoms with Gasteiger partial charge in [0.2, 0.25) is 5.91 Å². The lowest BCUT2D eigenvalue weighted by atomic mass is 9.92. The van der Waals surface area contributed by atoms with Gasteiger partial charge >= 0.3 is 0 Å². The van der Waals surface area contributed by atoms with Crippen molar-refractivity contribution in [1.29, 1.82) is 0 Å². The molecule has 0 aromatic heterocycles. The minimum absolute atomic E-state index is 0.0962. The highest BCUT2D eigenvalue weighted by Gasteiger charge is 2.41. The number of hydrogen-bond donors (Lipinski definition) is 0. The molecule has 8 heteroatoms. The Kier molecular flexibility index (Phi) is 6.60. The molecule has 1 aliphatic carbocycles. The van der Waals surface area contributed by atoms with E-state index in [4.69, 9.17) is 9.47 Å². The fourth-order valence-corrected chi connectivity index (χ4v) is 7.15. The van der Waals surface area contributed by atoms with Crippen LogP contribution in [0.1, 0.15) is 57.8 Å². The molecule has 3 aliphatic heterocycles. The Morgan fingerprint density at radius 3 is 2.32 bits per heavy atom. The van der Waals surface area contributed by atoms with Gasteiger partial charge in [-0.25, -0.2) is 8.42 Å². The van der Waals surface area contributed by atoms with Crippen LogP contribution in [0.25, 0.3) is 0 Å². The van der Waals surface area contributed by atoms with Crippen molar-refractivity contribution in [1.82, 2.24) is 9.80 Å². The van der Waals surface area contributed by atoms with Crippen LogP contribution in [-0.2, 0) is 24.1 Å². The fourth-order valence-electron chi connectivity index (χ4n) is 5.43. The van der Waals surface area contributed by atoms with E-state index in [9.17, 15) is 13.2 Å². The zero-order valence-corrected chi connectivity index (χ0v) is 17.6. The summed E-state index contributed by atoms with van der Waals surface area (Å²) < 4.78 is 35.7. The number of likely N-dealkylation sites (tertiary alicyclic amines) is 1. The molecule has 4 rings (SSSR count). The zero-order chi connectivity index (χ0) is 19.6. The standard InChI is InChI=1S/C20H34N2O5S/c23-19(14-21-10-5-4-8-18(21)20-26-11-12-27-20)22(16-6-2-1-3-7-16)17-9-13-28(24,25)15-17/h16-18,20H,1-15H2. The average Bonchev–Trinajstić information content (AvgIpc) is 3.33. The minimum atomic E-state index is -3.02. The normalized spacial score (nSPS) is 32.6. The van der Waals surface area contributed by atoms with Crippen LogP contribution >= 0.6 is 0 Å². The molecule has 2 atom stereocenters. The van der Waals surface area contributed by atoms with Crippen LogP contribution in [0, 0.1) is 0 Å². The van der Waals surface area contributed by atoms with Crippen LogP contribution in [0.2, 0.25) is 0 Å². The molecule has 0 aromatic carbocycles. The monoisotopic (exact) mass is 414 g/mol. The van der Waals surface area contributed by atoms with Crippen LogP contribution in [0.15, 0.2) is 0 Å². The maximum absolute atomic E-state index is 13.5. The first-order valence-electron chi connectivity index (χ1n) is 11.0. The third kappa shape index (κ3) is 4.71. The van der Waals surface area contributed by atoms with E-state index in [0.717, 1.165) is 51.5 Å². The third-order valence-electron chi connectivity index (χ3n) is 6.82. The Balaban J connectivity index is 1.47. The van der Waals surface area contributed by atoms with Gasteiger partial charge in [-0.2, -0.15) is 0 Å². The van der Waals surface area contributed by atoms with Crippen molar-refractivity contribution in [3.63, 3.8) is 0 Å². The van der Waals surface area contributed by atoms with Gasteiger partial charge in [-0.3, -0.25) is 9.69 Å². The first-order valence-corrected chi connectivity index (χ1v) is 12.8. The van der Waals surface area contributed by atoms with E-state index in [2.05, 4.69) is 4.90 Å². The van der Waals surface area contributed by atoms with Gasteiger partial charge in [0.15, 0.2) is 16.1 Å². The second-order valence-corrected chi connectivity index (χ2v) is 11.0. The molecule has 28 heavy (non-hydrogen) atoms. The molecule has 1 amide bonds. The Morgan fingerprint density at radius 1 is 0.929 bits per heavy atom. The Bertz CT molecular complexity index is 643. The Morgan fingerprint density at radius 2 is 1.64 bits per heavy atom. The van der Waals surface area contributed by atoms with Crippen LogP contribution < -0.4 is 0 Å². The second kappa shape index (κ2) is 8.98. The van der Waals surface area contributed by atoms with Crippen molar-refractivity contribution in [3.8, 4) is 0 Å². The summed E-state index contributed by atoms with van der Waals surface area (Å²) in [6.07, 6.45) is 9.02. The Hall–Kier alpha value is -0.700. The lowest BCUT2D eigenvalue weighted by molar-refractivity contribution is -0.144. The van der Waals surface area contributed by atoms with E-state index in [1.54, 1.807) is 0 Å². The summed E-state index contributed by atoms with van der Waals surface area (Å²) in [6.45, 7) is 2.47. The van der Waals surface area contributed by atoms with E-state index in [-0.39, 0.29) is 41.8 Å². The van der Waals surface area contributed by atoms with E-state index >= 15 is 0 Å². The largest absolute Gasteiger partial charge is 0.349 e. The lowest BCUT2D eigenvalue weighted by Crippen LogP contribution is -2.55.